The lowest BCUT2D eigenvalue weighted by Gasteiger charge is -2.16. The Morgan fingerprint density at radius 2 is 1.94 bits per heavy atom. The standard InChI is InChI=1S/C25H25N3O4S2/c1-5-19(22(29)26-17-13-16(31-3)11-12-18(17)32-4)34-25-27-23(30)21-20(14(2)33-24(21)28-25)15-9-7-6-8-10-15/h6-13,19H,5H2,1-4H3,(H,26,29)(H,27,28,30). The summed E-state index contributed by atoms with van der Waals surface area (Å²) in [6.45, 7) is 3.91. The Labute approximate surface area is 205 Å². The average Bonchev–Trinajstić information content (AvgIpc) is 3.19. The van der Waals surface area contributed by atoms with Crippen LogP contribution in [0.5, 0.6) is 11.5 Å². The minimum absolute atomic E-state index is 0.208. The molecule has 0 saturated heterocycles. The number of thiophene rings is 1. The molecule has 9 heteroatoms. The molecule has 4 rings (SSSR count). The second-order valence-electron chi connectivity index (χ2n) is 7.52. The molecule has 0 fully saturated rings. The first-order valence-corrected chi connectivity index (χ1v) is 12.4. The number of rotatable bonds is 8. The number of nitrogens with one attached hydrogen (secondary N) is 2. The van der Waals surface area contributed by atoms with Crippen LogP contribution >= 0.6 is 23.1 Å². The highest BCUT2D eigenvalue weighted by atomic mass is 32.2. The van der Waals surface area contributed by atoms with Crippen molar-refractivity contribution in [3.05, 3.63) is 63.8 Å². The van der Waals surface area contributed by atoms with Crippen LogP contribution in [-0.2, 0) is 4.79 Å². The van der Waals surface area contributed by atoms with Gasteiger partial charge in [-0.15, -0.1) is 11.3 Å². The van der Waals surface area contributed by atoms with E-state index in [0.717, 1.165) is 16.0 Å². The number of aromatic amines is 1. The third-order valence-corrected chi connectivity index (χ3v) is 7.61. The number of aryl methyl sites for hydroxylation is 1. The molecule has 1 unspecified atom stereocenters. The second-order valence-corrected chi connectivity index (χ2v) is 9.92. The van der Waals surface area contributed by atoms with Crippen LogP contribution < -0.4 is 20.3 Å². The second kappa shape index (κ2) is 10.3. The number of H-pyrrole nitrogens is 1. The largest absolute Gasteiger partial charge is 0.497 e. The zero-order chi connectivity index (χ0) is 24.2. The van der Waals surface area contributed by atoms with Crippen molar-refractivity contribution in [3.63, 3.8) is 0 Å². The van der Waals surface area contributed by atoms with E-state index < -0.39 is 5.25 Å². The summed E-state index contributed by atoms with van der Waals surface area (Å²) < 4.78 is 10.6. The first kappa shape index (κ1) is 23.8. The molecule has 0 aliphatic heterocycles. The van der Waals surface area contributed by atoms with Crippen LogP contribution in [0.4, 0.5) is 5.69 Å². The van der Waals surface area contributed by atoms with Gasteiger partial charge in [0, 0.05) is 16.5 Å². The van der Waals surface area contributed by atoms with Gasteiger partial charge in [0.05, 0.1) is 30.5 Å². The Morgan fingerprint density at radius 3 is 2.62 bits per heavy atom. The van der Waals surface area contributed by atoms with E-state index in [0.29, 0.717) is 39.0 Å². The smallest absolute Gasteiger partial charge is 0.260 e. The van der Waals surface area contributed by atoms with Crippen molar-refractivity contribution in [2.75, 3.05) is 19.5 Å². The Morgan fingerprint density at radius 1 is 1.18 bits per heavy atom. The van der Waals surface area contributed by atoms with E-state index in [9.17, 15) is 9.59 Å². The number of carbonyl (C=O) groups excluding carboxylic acids is 1. The fraction of sp³-hybridized carbons (Fsp3) is 0.240. The molecule has 0 aliphatic rings. The lowest BCUT2D eigenvalue weighted by molar-refractivity contribution is -0.115. The fourth-order valence-electron chi connectivity index (χ4n) is 3.69. The van der Waals surface area contributed by atoms with Crippen molar-refractivity contribution < 1.29 is 14.3 Å². The topological polar surface area (TPSA) is 93.3 Å². The molecular formula is C25H25N3O4S2. The van der Waals surface area contributed by atoms with Gasteiger partial charge >= 0.3 is 0 Å². The van der Waals surface area contributed by atoms with Gasteiger partial charge in [-0.05, 0) is 31.0 Å². The highest BCUT2D eigenvalue weighted by molar-refractivity contribution is 8.00. The van der Waals surface area contributed by atoms with E-state index >= 15 is 0 Å². The average molecular weight is 496 g/mol. The first-order chi connectivity index (χ1) is 16.4. The van der Waals surface area contributed by atoms with Gasteiger partial charge in [-0.2, -0.15) is 0 Å². The summed E-state index contributed by atoms with van der Waals surface area (Å²) in [6, 6.07) is 15.0. The normalized spacial score (nSPS) is 11.9. The summed E-state index contributed by atoms with van der Waals surface area (Å²) in [5, 5.41) is 3.44. The number of carbonyl (C=O) groups is 1. The highest BCUT2D eigenvalue weighted by Crippen LogP contribution is 2.36. The Balaban J connectivity index is 1.61. The molecule has 2 heterocycles. The zero-order valence-electron chi connectivity index (χ0n) is 19.3. The maximum atomic E-state index is 13.1. The summed E-state index contributed by atoms with van der Waals surface area (Å²) in [5.41, 5.74) is 2.20. The molecule has 0 saturated carbocycles. The van der Waals surface area contributed by atoms with Crippen LogP contribution in [0.2, 0.25) is 0 Å². The number of hydrogen-bond donors (Lipinski definition) is 2. The minimum Gasteiger partial charge on any atom is -0.497 e. The summed E-state index contributed by atoms with van der Waals surface area (Å²) >= 11 is 2.72. The lowest BCUT2D eigenvalue weighted by Crippen LogP contribution is -2.25. The third kappa shape index (κ3) is 4.80. The Kier molecular flexibility index (Phi) is 7.23. The number of fused-ring (bicyclic) bond motifs is 1. The van der Waals surface area contributed by atoms with E-state index in [4.69, 9.17) is 9.47 Å². The predicted molar refractivity (Wildman–Crippen MR) is 139 cm³/mol. The number of ether oxygens (including phenoxy) is 2. The third-order valence-electron chi connectivity index (χ3n) is 5.36. The first-order valence-electron chi connectivity index (χ1n) is 10.7. The van der Waals surface area contributed by atoms with Crippen LogP contribution in [0.25, 0.3) is 21.3 Å². The van der Waals surface area contributed by atoms with Gasteiger partial charge < -0.3 is 19.8 Å². The van der Waals surface area contributed by atoms with Crippen molar-refractivity contribution in [2.24, 2.45) is 0 Å². The summed E-state index contributed by atoms with van der Waals surface area (Å²) in [6.07, 6.45) is 0.545. The van der Waals surface area contributed by atoms with E-state index in [1.165, 1.54) is 23.1 Å². The van der Waals surface area contributed by atoms with E-state index in [1.807, 2.05) is 44.2 Å². The van der Waals surface area contributed by atoms with Crippen LogP contribution in [0, 0.1) is 6.92 Å². The van der Waals surface area contributed by atoms with Gasteiger partial charge in [0.1, 0.15) is 16.3 Å². The Hall–Kier alpha value is -3.30. The van der Waals surface area contributed by atoms with Gasteiger partial charge in [0.2, 0.25) is 5.91 Å². The predicted octanol–water partition coefficient (Wildman–Crippen LogP) is 5.49. The van der Waals surface area contributed by atoms with Gasteiger partial charge in [0.15, 0.2) is 5.16 Å². The Bertz CT molecular complexity index is 1380. The summed E-state index contributed by atoms with van der Waals surface area (Å²) in [7, 11) is 3.10. The molecule has 176 valence electrons. The number of thioether (sulfide) groups is 1. The molecule has 4 aromatic rings. The van der Waals surface area contributed by atoms with Crippen molar-refractivity contribution >= 4 is 44.9 Å². The molecule has 2 N–H and O–H groups in total. The molecule has 34 heavy (non-hydrogen) atoms. The van der Waals surface area contributed by atoms with Crippen LogP contribution in [0.3, 0.4) is 0 Å². The number of methoxy groups -OCH3 is 2. The monoisotopic (exact) mass is 495 g/mol. The SMILES string of the molecule is CCC(Sc1nc2sc(C)c(-c3ccccc3)c2c(=O)[nH]1)C(=O)Nc1cc(OC)ccc1OC. The fourth-order valence-corrected chi connectivity index (χ4v) is 5.69. The number of benzene rings is 2. The zero-order valence-corrected chi connectivity index (χ0v) is 20.9. The lowest BCUT2D eigenvalue weighted by atomic mass is 10.0. The number of amides is 1. The minimum atomic E-state index is -0.467. The van der Waals surface area contributed by atoms with Crippen molar-refractivity contribution in [1.29, 1.82) is 0 Å². The quantitative estimate of drug-likeness (QED) is 0.248. The van der Waals surface area contributed by atoms with Gasteiger partial charge in [-0.3, -0.25) is 9.59 Å². The molecule has 2 aromatic heterocycles. The molecule has 0 bridgehead atoms. The van der Waals surface area contributed by atoms with Crippen LogP contribution in [0.15, 0.2) is 58.5 Å². The maximum absolute atomic E-state index is 13.1. The maximum Gasteiger partial charge on any atom is 0.260 e. The van der Waals surface area contributed by atoms with E-state index in [2.05, 4.69) is 15.3 Å². The summed E-state index contributed by atoms with van der Waals surface area (Å²) in [5.74, 6) is 0.925. The van der Waals surface area contributed by atoms with Crippen LogP contribution in [-0.4, -0.2) is 35.3 Å². The number of hydrogen-bond acceptors (Lipinski definition) is 7. The number of anilines is 1. The molecule has 0 radical (unpaired) electrons. The highest BCUT2D eigenvalue weighted by Gasteiger charge is 2.23. The molecule has 1 amide bonds. The van der Waals surface area contributed by atoms with Crippen LogP contribution in [0.1, 0.15) is 18.2 Å². The number of nitrogens with zero attached hydrogens (tertiary/aromatic N) is 1. The summed E-state index contributed by atoms with van der Waals surface area (Å²) in [4.78, 5) is 35.4. The van der Waals surface area contributed by atoms with Crippen molar-refractivity contribution in [3.8, 4) is 22.6 Å². The number of aromatic nitrogens is 2. The van der Waals surface area contributed by atoms with E-state index in [1.54, 1.807) is 32.4 Å². The van der Waals surface area contributed by atoms with Gasteiger partial charge in [0.25, 0.3) is 5.56 Å². The molecule has 1 atom stereocenters. The van der Waals surface area contributed by atoms with Crippen molar-refractivity contribution in [2.45, 2.75) is 30.7 Å². The molecular weight excluding hydrogens is 470 g/mol. The van der Waals surface area contributed by atoms with Gasteiger partial charge in [-0.25, -0.2) is 4.98 Å². The van der Waals surface area contributed by atoms with Crippen molar-refractivity contribution in [1.82, 2.24) is 9.97 Å². The molecule has 0 spiro atoms. The molecule has 2 aromatic carbocycles. The van der Waals surface area contributed by atoms with Gasteiger partial charge in [-0.1, -0.05) is 49.0 Å². The molecule has 7 nitrogen and oxygen atoms in total. The molecule has 0 aliphatic carbocycles. The van der Waals surface area contributed by atoms with E-state index in [-0.39, 0.29) is 11.5 Å².